The lowest BCUT2D eigenvalue weighted by Gasteiger charge is -2.22. The van der Waals surface area contributed by atoms with Gasteiger partial charge in [-0.2, -0.15) is 0 Å². The average molecular weight is 326 g/mol. The Hall–Kier alpha value is -2.10. The fourth-order valence-electron chi connectivity index (χ4n) is 3.32. The van der Waals surface area contributed by atoms with Gasteiger partial charge in [-0.05, 0) is 43.7 Å². The minimum absolute atomic E-state index is 0.0591. The molecule has 0 unspecified atom stereocenters. The molecule has 0 atom stereocenters. The van der Waals surface area contributed by atoms with Crippen molar-refractivity contribution in [3.8, 4) is 5.75 Å². The summed E-state index contributed by atoms with van der Waals surface area (Å²) in [6.45, 7) is 5.51. The van der Waals surface area contributed by atoms with Gasteiger partial charge in [-0.15, -0.1) is 0 Å². The largest absolute Gasteiger partial charge is 0.506 e. The molecule has 0 saturated heterocycles. The number of benzene rings is 1. The number of fused-ring (bicyclic) bond motifs is 1. The van der Waals surface area contributed by atoms with Crippen LogP contribution in [-0.4, -0.2) is 22.4 Å². The van der Waals surface area contributed by atoms with Gasteiger partial charge in [0.2, 0.25) is 0 Å². The topological polar surface area (TPSA) is 54.6 Å². The van der Waals surface area contributed by atoms with Crippen LogP contribution in [0.5, 0.6) is 5.75 Å². The van der Waals surface area contributed by atoms with E-state index in [1.165, 1.54) is 19.3 Å². The lowest BCUT2D eigenvalue weighted by molar-refractivity contribution is 0.326. The molecule has 128 valence electrons. The van der Waals surface area contributed by atoms with Crippen molar-refractivity contribution in [3.63, 3.8) is 0 Å². The monoisotopic (exact) mass is 326 g/mol. The Kier molecular flexibility index (Phi) is 5.03. The van der Waals surface area contributed by atoms with E-state index in [9.17, 15) is 9.90 Å². The van der Waals surface area contributed by atoms with Gasteiger partial charge < -0.3 is 9.67 Å². The minimum Gasteiger partial charge on any atom is -0.506 e. The highest BCUT2D eigenvalue weighted by atomic mass is 16.3. The molecule has 1 saturated carbocycles. The third kappa shape index (κ3) is 3.10. The Morgan fingerprint density at radius 2 is 2.17 bits per heavy atom. The van der Waals surface area contributed by atoms with Crippen molar-refractivity contribution in [3.05, 3.63) is 39.7 Å². The number of aryl methyl sites for hydroxylation is 2. The van der Waals surface area contributed by atoms with Gasteiger partial charge in [-0.25, -0.2) is 0 Å². The molecule has 4 nitrogen and oxygen atoms in total. The molecule has 0 bridgehead atoms. The van der Waals surface area contributed by atoms with Crippen LogP contribution in [-0.2, 0) is 6.54 Å². The summed E-state index contributed by atoms with van der Waals surface area (Å²) >= 11 is 0. The standard InChI is InChI=1S/C20H26N2O2/c1-3-4-11-22-18-14(2)7-5-10-16(18)19(23)17(20(22)24)13-21-12-15-8-6-9-15/h5,7,10,13,15,23H,3-4,6,8-9,11-12H2,1-2H3. The van der Waals surface area contributed by atoms with E-state index in [2.05, 4.69) is 11.9 Å². The molecule has 1 aliphatic carbocycles. The number of pyridine rings is 1. The van der Waals surface area contributed by atoms with Crippen molar-refractivity contribution in [1.29, 1.82) is 0 Å². The Labute approximate surface area is 142 Å². The quantitative estimate of drug-likeness (QED) is 0.815. The van der Waals surface area contributed by atoms with Crippen LogP contribution in [0.3, 0.4) is 0 Å². The number of aromatic hydroxyl groups is 1. The number of aromatic nitrogens is 1. The van der Waals surface area contributed by atoms with Crippen molar-refractivity contribution in [2.45, 2.75) is 52.5 Å². The molecule has 1 heterocycles. The molecule has 1 fully saturated rings. The average Bonchev–Trinajstić information content (AvgIpc) is 2.53. The number of hydrogen-bond donors (Lipinski definition) is 1. The Bertz CT molecular complexity index is 816. The van der Waals surface area contributed by atoms with Crippen molar-refractivity contribution < 1.29 is 5.11 Å². The molecule has 2 aromatic rings. The maximum absolute atomic E-state index is 12.9. The summed E-state index contributed by atoms with van der Waals surface area (Å²) in [7, 11) is 0. The molecular formula is C20H26N2O2. The normalized spacial score (nSPS) is 15.2. The van der Waals surface area contributed by atoms with Crippen LogP contribution >= 0.6 is 0 Å². The second-order valence-electron chi connectivity index (χ2n) is 6.83. The van der Waals surface area contributed by atoms with E-state index in [4.69, 9.17) is 0 Å². The van der Waals surface area contributed by atoms with E-state index in [1.807, 2.05) is 25.1 Å². The SMILES string of the molecule is CCCCn1c(=O)c(C=NCC2CCC2)c(O)c2cccc(C)c21. The van der Waals surface area contributed by atoms with Gasteiger partial charge in [0.15, 0.2) is 0 Å². The van der Waals surface area contributed by atoms with Gasteiger partial charge in [-0.3, -0.25) is 9.79 Å². The van der Waals surface area contributed by atoms with Crippen molar-refractivity contribution in [1.82, 2.24) is 4.57 Å². The molecule has 0 amide bonds. The molecule has 0 aliphatic heterocycles. The fraction of sp³-hybridized carbons (Fsp3) is 0.500. The fourth-order valence-corrected chi connectivity index (χ4v) is 3.32. The van der Waals surface area contributed by atoms with Gasteiger partial charge in [0.25, 0.3) is 5.56 Å². The van der Waals surface area contributed by atoms with E-state index in [-0.39, 0.29) is 11.3 Å². The summed E-state index contributed by atoms with van der Waals surface area (Å²) in [6.07, 6.45) is 7.27. The second-order valence-corrected chi connectivity index (χ2v) is 6.83. The number of hydrogen-bond acceptors (Lipinski definition) is 3. The summed E-state index contributed by atoms with van der Waals surface area (Å²) in [6, 6.07) is 5.78. The maximum Gasteiger partial charge on any atom is 0.263 e. The number of unbranched alkanes of at least 4 members (excludes halogenated alkanes) is 1. The lowest BCUT2D eigenvalue weighted by atomic mass is 9.86. The van der Waals surface area contributed by atoms with Crippen molar-refractivity contribution in [2.24, 2.45) is 10.9 Å². The van der Waals surface area contributed by atoms with Crippen molar-refractivity contribution >= 4 is 17.1 Å². The summed E-state index contributed by atoms with van der Waals surface area (Å²) in [5.41, 5.74) is 2.03. The summed E-state index contributed by atoms with van der Waals surface area (Å²) < 4.78 is 1.80. The van der Waals surface area contributed by atoms with E-state index >= 15 is 0 Å². The van der Waals surface area contributed by atoms with Gasteiger partial charge in [0, 0.05) is 24.7 Å². The highest BCUT2D eigenvalue weighted by Crippen LogP contribution is 2.29. The first kappa shape index (κ1) is 16.7. The van der Waals surface area contributed by atoms with Crippen LogP contribution in [0.15, 0.2) is 28.0 Å². The highest BCUT2D eigenvalue weighted by Gasteiger charge is 2.18. The summed E-state index contributed by atoms with van der Waals surface area (Å²) in [5.74, 6) is 0.706. The van der Waals surface area contributed by atoms with Crippen LogP contribution in [0.1, 0.15) is 50.2 Å². The zero-order valence-electron chi connectivity index (χ0n) is 14.6. The third-order valence-electron chi connectivity index (χ3n) is 5.04. The second kappa shape index (κ2) is 7.20. The van der Waals surface area contributed by atoms with Crippen molar-refractivity contribution in [2.75, 3.05) is 6.54 Å². The number of aliphatic imine (C=N–C) groups is 1. The molecule has 24 heavy (non-hydrogen) atoms. The van der Waals surface area contributed by atoms with E-state index in [1.54, 1.807) is 10.8 Å². The maximum atomic E-state index is 12.9. The molecule has 0 radical (unpaired) electrons. The molecule has 4 heteroatoms. The summed E-state index contributed by atoms with van der Waals surface area (Å²) in [5, 5.41) is 11.4. The van der Waals surface area contributed by atoms with Gasteiger partial charge in [0.1, 0.15) is 11.3 Å². The van der Waals surface area contributed by atoms with Crippen LogP contribution in [0.2, 0.25) is 0 Å². The predicted molar refractivity (Wildman–Crippen MR) is 99.3 cm³/mol. The van der Waals surface area contributed by atoms with Gasteiger partial charge in [-0.1, -0.05) is 31.9 Å². The Morgan fingerprint density at radius 3 is 2.83 bits per heavy atom. The molecule has 3 rings (SSSR count). The molecule has 1 aliphatic rings. The molecule has 0 spiro atoms. The zero-order chi connectivity index (χ0) is 17.1. The zero-order valence-corrected chi connectivity index (χ0v) is 14.6. The third-order valence-corrected chi connectivity index (χ3v) is 5.04. The number of rotatable bonds is 6. The lowest BCUT2D eigenvalue weighted by Crippen LogP contribution is -2.25. The van der Waals surface area contributed by atoms with Gasteiger partial charge in [0.05, 0.1) is 5.52 Å². The first-order valence-corrected chi connectivity index (χ1v) is 8.98. The molecule has 1 aromatic heterocycles. The van der Waals surface area contributed by atoms with Crippen LogP contribution in [0.4, 0.5) is 0 Å². The number of nitrogens with zero attached hydrogens (tertiary/aromatic N) is 2. The van der Waals surface area contributed by atoms with Crippen LogP contribution < -0.4 is 5.56 Å². The Balaban J connectivity index is 2.09. The van der Waals surface area contributed by atoms with E-state index < -0.39 is 0 Å². The smallest absolute Gasteiger partial charge is 0.263 e. The minimum atomic E-state index is -0.139. The Morgan fingerprint density at radius 1 is 1.38 bits per heavy atom. The van der Waals surface area contributed by atoms with E-state index in [0.29, 0.717) is 18.0 Å². The summed E-state index contributed by atoms with van der Waals surface area (Å²) in [4.78, 5) is 17.4. The van der Waals surface area contributed by atoms with Crippen LogP contribution in [0, 0.1) is 12.8 Å². The first-order valence-electron chi connectivity index (χ1n) is 8.98. The van der Waals surface area contributed by atoms with E-state index in [0.717, 1.165) is 35.9 Å². The van der Waals surface area contributed by atoms with Crippen LogP contribution in [0.25, 0.3) is 10.9 Å². The number of para-hydroxylation sites is 1. The highest BCUT2D eigenvalue weighted by molar-refractivity contribution is 5.96. The van der Waals surface area contributed by atoms with Gasteiger partial charge >= 0.3 is 0 Å². The predicted octanol–water partition coefficient (Wildman–Crippen LogP) is 4.03. The molecule has 1 N–H and O–H groups in total. The molecular weight excluding hydrogens is 300 g/mol. The molecule has 1 aromatic carbocycles. The first-order chi connectivity index (χ1) is 11.6.